The molecule has 2 rings (SSSR count). The molecule has 20 heavy (non-hydrogen) atoms. The first-order valence-corrected chi connectivity index (χ1v) is 6.77. The number of carbonyl (C=O) groups excluding carboxylic acids is 1. The Bertz CT molecular complexity index is 572. The van der Waals surface area contributed by atoms with Gasteiger partial charge in [-0.25, -0.2) is 0 Å². The molecule has 1 N–H and O–H groups in total. The number of hydrogen-bond acceptors (Lipinski definition) is 3. The second-order valence-corrected chi connectivity index (χ2v) is 4.84. The van der Waals surface area contributed by atoms with E-state index in [4.69, 9.17) is 16.3 Å². The SMILES string of the molecule is CC(OC(=O)CNc1cccc(Cl)c1)c1ccccc1. The van der Waals surface area contributed by atoms with Crippen LogP contribution in [0.4, 0.5) is 5.69 Å². The van der Waals surface area contributed by atoms with Gasteiger partial charge in [0.15, 0.2) is 0 Å². The topological polar surface area (TPSA) is 38.3 Å². The predicted molar refractivity (Wildman–Crippen MR) is 80.9 cm³/mol. The highest BCUT2D eigenvalue weighted by Crippen LogP contribution is 2.17. The summed E-state index contributed by atoms with van der Waals surface area (Å²) < 4.78 is 5.35. The van der Waals surface area contributed by atoms with E-state index in [0.29, 0.717) is 5.02 Å². The molecule has 2 aromatic carbocycles. The van der Waals surface area contributed by atoms with Crippen molar-refractivity contribution in [2.45, 2.75) is 13.0 Å². The highest BCUT2D eigenvalue weighted by molar-refractivity contribution is 6.30. The molecule has 3 nitrogen and oxygen atoms in total. The van der Waals surface area contributed by atoms with Crippen LogP contribution in [-0.4, -0.2) is 12.5 Å². The van der Waals surface area contributed by atoms with Crippen molar-refractivity contribution < 1.29 is 9.53 Å². The van der Waals surface area contributed by atoms with Gasteiger partial charge in [0.1, 0.15) is 12.6 Å². The zero-order chi connectivity index (χ0) is 14.4. The van der Waals surface area contributed by atoms with Crippen molar-refractivity contribution in [2.24, 2.45) is 0 Å². The van der Waals surface area contributed by atoms with E-state index in [0.717, 1.165) is 11.3 Å². The molecule has 4 heteroatoms. The van der Waals surface area contributed by atoms with Gasteiger partial charge in [0, 0.05) is 10.7 Å². The molecule has 0 aliphatic carbocycles. The third-order valence-corrected chi connectivity index (χ3v) is 3.07. The number of esters is 1. The predicted octanol–water partition coefficient (Wildman–Crippen LogP) is 4.06. The lowest BCUT2D eigenvalue weighted by Gasteiger charge is -2.14. The molecule has 0 spiro atoms. The van der Waals surface area contributed by atoms with E-state index < -0.39 is 0 Å². The van der Waals surface area contributed by atoms with Crippen LogP contribution in [0.15, 0.2) is 54.6 Å². The fraction of sp³-hybridized carbons (Fsp3) is 0.188. The Labute approximate surface area is 123 Å². The number of hydrogen-bond donors (Lipinski definition) is 1. The smallest absolute Gasteiger partial charge is 0.325 e. The van der Waals surface area contributed by atoms with Crippen LogP contribution < -0.4 is 5.32 Å². The molecular weight excluding hydrogens is 274 g/mol. The summed E-state index contributed by atoms with van der Waals surface area (Å²) in [6.07, 6.45) is -0.259. The number of nitrogens with one attached hydrogen (secondary N) is 1. The van der Waals surface area contributed by atoms with E-state index in [1.165, 1.54) is 0 Å². The van der Waals surface area contributed by atoms with Crippen molar-refractivity contribution in [2.75, 3.05) is 11.9 Å². The molecule has 0 saturated carbocycles. The zero-order valence-electron chi connectivity index (χ0n) is 11.2. The van der Waals surface area contributed by atoms with Gasteiger partial charge >= 0.3 is 5.97 Å². The lowest BCUT2D eigenvalue weighted by Crippen LogP contribution is -2.18. The van der Waals surface area contributed by atoms with Crippen LogP contribution >= 0.6 is 11.6 Å². The first-order valence-electron chi connectivity index (χ1n) is 6.39. The van der Waals surface area contributed by atoms with Crippen molar-refractivity contribution in [1.82, 2.24) is 0 Å². The number of halogens is 1. The molecule has 2 aromatic rings. The molecule has 0 radical (unpaired) electrons. The quantitative estimate of drug-likeness (QED) is 0.844. The van der Waals surface area contributed by atoms with Gasteiger partial charge in [-0.15, -0.1) is 0 Å². The van der Waals surface area contributed by atoms with Gasteiger partial charge in [-0.2, -0.15) is 0 Å². The van der Waals surface area contributed by atoms with E-state index in [1.54, 1.807) is 12.1 Å². The molecule has 1 unspecified atom stereocenters. The van der Waals surface area contributed by atoms with Crippen LogP contribution in [-0.2, 0) is 9.53 Å². The minimum absolute atomic E-state index is 0.109. The minimum atomic E-state index is -0.304. The van der Waals surface area contributed by atoms with Crippen molar-refractivity contribution in [3.63, 3.8) is 0 Å². The summed E-state index contributed by atoms with van der Waals surface area (Å²) in [6.45, 7) is 1.96. The third-order valence-electron chi connectivity index (χ3n) is 2.84. The van der Waals surface area contributed by atoms with Gasteiger partial charge < -0.3 is 10.1 Å². The Hall–Kier alpha value is -2.00. The summed E-state index contributed by atoms with van der Waals surface area (Å²) in [4.78, 5) is 11.8. The molecule has 0 heterocycles. The number of anilines is 1. The standard InChI is InChI=1S/C16H16ClNO2/c1-12(13-6-3-2-4-7-13)20-16(19)11-18-15-9-5-8-14(17)10-15/h2-10,12,18H,11H2,1H3. The number of ether oxygens (including phenoxy) is 1. The van der Waals surface area contributed by atoms with Gasteiger partial charge in [0.2, 0.25) is 0 Å². The highest BCUT2D eigenvalue weighted by Gasteiger charge is 2.10. The van der Waals surface area contributed by atoms with Gasteiger partial charge in [-0.3, -0.25) is 4.79 Å². The van der Waals surface area contributed by atoms with E-state index in [9.17, 15) is 4.79 Å². The van der Waals surface area contributed by atoms with Crippen LogP contribution in [0.1, 0.15) is 18.6 Å². The molecule has 0 aromatic heterocycles. The van der Waals surface area contributed by atoms with Crippen LogP contribution in [0.25, 0.3) is 0 Å². The summed E-state index contributed by atoms with van der Waals surface area (Å²) in [5.74, 6) is -0.304. The molecule has 0 aliphatic rings. The Morgan fingerprint density at radius 3 is 2.65 bits per heavy atom. The maximum atomic E-state index is 11.8. The zero-order valence-corrected chi connectivity index (χ0v) is 11.9. The summed E-state index contributed by atoms with van der Waals surface area (Å²) in [7, 11) is 0. The maximum Gasteiger partial charge on any atom is 0.325 e. The largest absolute Gasteiger partial charge is 0.456 e. The fourth-order valence-corrected chi connectivity index (χ4v) is 1.99. The average Bonchev–Trinajstić information content (AvgIpc) is 2.46. The molecule has 0 saturated heterocycles. The highest BCUT2D eigenvalue weighted by atomic mass is 35.5. The Balaban J connectivity index is 1.84. The van der Waals surface area contributed by atoms with E-state index in [-0.39, 0.29) is 18.6 Å². The summed E-state index contributed by atoms with van der Waals surface area (Å²) in [5, 5.41) is 3.61. The first kappa shape index (κ1) is 14.4. The average molecular weight is 290 g/mol. The number of carbonyl (C=O) groups is 1. The van der Waals surface area contributed by atoms with Crippen LogP contribution in [0.2, 0.25) is 5.02 Å². The first-order chi connectivity index (χ1) is 9.65. The molecule has 104 valence electrons. The monoisotopic (exact) mass is 289 g/mol. The van der Waals surface area contributed by atoms with Gasteiger partial charge in [-0.05, 0) is 30.7 Å². The third kappa shape index (κ3) is 4.28. The van der Waals surface area contributed by atoms with E-state index in [1.807, 2.05) is 49.4 Å². The normalized spacial score (nSPS) is 11.7. The Morgan fingerprint density at radius 1 is 1.20 bits per heavy atom. The Kier molecular flexibility index (Phi) is 5.02. The fourth-order valence-electron chi connectivity index (χ4n) is 1.80. The van der Waals surface area contributed by atoms with Crippen LogP contribution in [0, 0.1) is 0 Å². The molecule has 1 atom stereocenters. The summed E-state index contributed by atoms with van der Waals surface area (Å²) in [6, 6.07) is 16.8. The molecule has 0 aliphatic heterocycles. The Morgan fingerprint density at radius 2 is 1.95 bits per heavy atom. The molecule has 0 fully saturated rings. The lowest BCUT2D eigenvalue weighted by atomic mass is 10.1. The van der Waals surface area contributed by atoms with Gasteiger partial charge in [0.25, 0.3) is 0 Å². The molecular formula is C16H16ClNO2. The van der Waals surface area contributed by atoms with Crippen molar-refractivity contribution in [3.8, 4) is 0 Å². The number of rotatable bonds is 5. The number of benzene rings is 2. The molecule has 0 bridgehead atoms. The maximum absolute atomic E-state index is 11.8. The molecule has 0 amide bonds. The van der Waals surface area contributed by atoms with Gasteiger partial charge in [-0.1, -0.05) is 48.0 Å². The van der Waals surface area contributed by atoms with Crippen molar-refractivity contribution in [3.05, 3.63) is 65.2 Å². The van der Waals surface area contributed by atoms with Crippen molar-refractivity contribution in [1.29, 1.82) is 0 Å². The second-order valence-electron chi connectivity index (χ2n) is 4.41. The summed E-state index contributed by atoms with van der Waals surface area (Å²) in [5.41, 5.74) is 1.77. The van der Waals surface area contributed by atoms with Crippen molar-refractivity contribution >= 4 is 23.3 Å². The minimum Gasteiger partial charge on any atom is -0.456 e. The summed E-state index contributed by atoms with van der Waals surface area (Å²) >= 11 is 5.87. The second kappa shape index (κ2) is 6.96. The lowest BCUT2D eigenvalue weighted by molar-refractivity contribution is -0.146. The van der Waals surface area contributed by atoms with E-state index in [2.05, 4.69) is 5.32 Å². The van der Waals surface area contributed by atoms with E-state index >= 15 is 0 Å². The van der Waals surface area contributed by atoms with Crippen LogP contribution in [0.3, 0.4) is 0 Å². The van der Waals surface area contributed by atoms with Gasteiger partial charge in [0.05, 0.1) is 0 Å². The van der Waals surface area contributed by atoms with Crippen LogP contribution in [0.5, 0.6) is 0 Å².